The number of thioether (sulfide) groups is 1. The Morgan fingerprint density at radius 2 is 2.05 bits per heavy atom. The molecular formula is C14H13ClN2OS. The normalized spacial score (nSPS) is 10.2. The van der Waals surface area contributed by atoms with Gasteiger partial charge in [0.2, 0.25) is 0 Å². The molecule has 0 atom stereocenters. The van der Waals surface area contributed by atoms with E-state index in [4.69, 9.17) is 11.6 Å². The second-order valence-corrected chi connectivity index (χ2v) is 5.10. The quantitative estimate of drug-likeness (QED) is 0.878. The first-order chi connectivity index (χ1) is 9.20. The molecule has 0 unspecified atom stereocenters. The summed E-state index contributed by atoms with van der Waals surface area (Å²) in [5.41, 5.74) is 1.61. The lowest BCUT2D eigenvalue weighted by atomic mass is 10.2. The molecule has 0 aliphatic heterocycles. The third kappa shape index (κ3) is 3.72. The minimum absolute atomic E-state index is 0.118. The molecule has 0 radical (unpaired) electrons. The first kappa shape index (κ1) is 13.9. The zero-order valence-electron chi connectivity index (χ0n) is 10.4. The fourth-order valence-electron chi connectivity index (χ4n) is 1.61. The van der Waals surface area contributed by atoms with Crippen molar-refractivity contribution in [2.75, 3.05) is 6.26 Å². The van der Waals surface area contributed by atoms with Gasteiger partial charge in [0.25, 0.3) is 5.91 Å². The summed E-state index contributed by atoms with van der Waals surface area (Å²) >= 11 is 7.27. The van der Waals surface area contributed by atoms with Gasteiger partial charge in [-0.15, -0.1) is 11.8 Å². The van der Waals surface area contributed by atoms with E-state index in [1.165, 1.54) is 11.8 Å². The Morgan fingerprint density at radius 3 is 2.74 bits per heavy atom. The van der Waals surface area contributed by atoms with Gasteiger partial charge in [0, 0.05) is 17.8 Å². The van der Waals surface area contributed by atoms with Crippen LogP contribution in [0.2, 0.25) is 5.02 Å². The van der Waals surface area contributed by atoms with E-state index in [0.29, 0.717) is 17.1 Å². The number of amides is 1. The van der Waals surface area contributed by atoms with E-state index in [1.807, 2.05) is 18.4 Å². The van der Waals surface area contributed by atoms with Crippen molar-refractivity contribution in [2.24, 2.45) is 0 Å². The minimum atomic E-state index is -0.118. The highest BCUT2D eigenvalue weighted by Gasteiger charge is 2.10. The van der Waals surface area contributed by atoms with E-state index in [0.717, 1.165) is 10.6 Å². The molecule has 1 aromatic carbocycles. The average Bonchev–Trinajstić information content (AvgIpc) is 2.46. The highest BCUT2D eigenvalue weighted by Crippen LogP contribution is 2.16. The van der Waals surface area contributed by atoms with Gasteiger partial charge < -0.3 is 5.32 Å². The van der Waals surface area contributed by atoms with Crippen molar-refractivity contribution in [3.8, 4) is 0 Å². The topological polar surface area (TPSA) is 42.0 Å². The Labute approximate surface area is 121 Å². The third-order valence-electron chi connectivity index (χ3n) is 2.58. The Kier molecular flexibility index (Phi) is 4.82. The average molecular weight is 293 g/mol. The third-order valence-corrected chi connectivity index (χ3v) is 3.54. The number of carbonyl (C=O) groups is 1. The molecule has 0 fully saturated rings. The van der Waals surface area contributed by atoms with Crippen LogP contribution in [0.15, 0.2) is 47.6 Å². The fourth-order valence-corrected chi connectivity index (χ4v) is 2.28. The van der Waals surface area contributed by atoms with Gasteiger partial charge >= 0.3 is 0 Å². The zero-order valence-corrected chi connectivity index (χ0v) is 12.0. The predicted octanol–water partition coefficient (Wildman–Crippen LogP) is 3.39. The van der Waals surface area contributed by atoms with E-state index in [-0.39, 0.29) is 5.91 Å². The molecular weight excluding hydrogens is 280 g/mol. The van der Waals surface area contributed by atoms with E-state index in [9.17, 15) is 4.79 Å². The van der Waals surface area contributed by atoms with E-state index >= 15 is 0 Å². The molecule has 0 saturated heterocycles. The van der Waals surface area contributed by atoms with E-state index in [2.05, 4.69) is 10.3 Å². The number of benzene rings is 1. The first-order valence-electron chi connectivity index (χ1n) is 5.72. The highest BCUT2D eigenvalue weighted by molar-refractivity contribution is 7.98. The van der Waals surface area contributed by atoms with Crippen LogP contribution < -0.4 is 5.32 Å². The lowest BCUT2D eigenvalue weighted by molar-refractivity contribution is 0.0947. The number of nitrogens with zero attached hydrogens (tertiary/aromatic N) is 1. The van der Waals surface area contributed by atoms with Gasteiger partial charge in [-0.05, 0) is 36.1 Å². The molecule has 1 heterocycles. The van der Waals surface area contributed by atoms with Crippen molar-refractivity contribution in [1.29, 1.82) is 0 Å². The molecule has 1 N–H and O–H groups in total. The maximum atomic E-state index is 12.1. The van der Waals surface area contributed by atoms with Gasteiger partial charge in [-0.25, -0.2) is 4.98 Å². The largest absolute Gasteiger partial charge is 0.348 e. The molecule has 0 bridgehead atoms. The van der Waals surface area contributed by atoms with Crippen molar-refractivity contribution >= 4 is 29.3 Å². The number of carbonyl (C=O) groups excluding carboxylic acids is 1. The lowest BCUT2D eigenvalue weighted by Crippen LogP contribution is -2.23. The maximum absolute atomic E-state index is 12.1. The first-order valence-corrected chi connectivity index (χ1v) is 7.32. The van der Waals surface area contributed by atoms with E-state index in [1.54, 1.807) is 30.5 Å². The number of rotatable bonds is 4. The van der Waals surface area contributed by atoms with Crippen molar-refractivity contribution in [3.05, 3.63) is 58.7 Å². The predicted molar refractivity (Wildman–Crippen MR) is 78.6 cm³/mol. The molecule has 0 aliphatic carbocycles. The zero-order chi connectivity index (χ0) is 13.7. The summed E-state index contributed by atoms with van der Waals surface area (Å²) in [6.07, 6.45) is 3.58. The van der Waals surface area contributed by atoms with E-state index < -0.39 is 0 Å². The van der Waals surface area contributed by atoms with Crippen LogP contribution >= 0.6 is 23.4 Å². The van der Waals surface area contributed by atoms with Gasteiger partial charge in [0.1, 0.15) is 5.03 Å². The number of aromatic nitrogens is 1. The summed E-state index contributed by atoms with van der Waals surface area (Å²) in [6.45, 7) is 0.471. The van der Waals surface area contributed by atoms with Gasteiger partial charge in [0.15, 0.2) is 0 Å². The van der Waals surface area contributed by atoms with Crippen LogP contribution in [-0.2, 0) is 6.54 Å². The summed E-state index contributed by atoms with van der Waals surface area (Å²) in [4.78, 5) is 16.2. The standard InChI is InChI=1S/C14H13ClN2OS/c1-19-14-12(3-2-8-16-14)13(18)17-9-10-4-6-11(15)7-5-10/h2-8H,9H2,1H3,(H,17,18). The molecule has 98 valence electrons. The van der Waals surface area contributed by atoms with Crippen molar-refractivity contribution in [3.63, 3.8) is 0 Å². The van der Waals surface area contributed by atoms with Crippen LogP contribution in [0.3, 0.4) is 0 Å². The molecule has 2 rings (SSSR count). The summed E-state index contributed by atoms with van der Waals surface area (Å²) in [7, 11) is 0. The van der Waals surface area contributed by atoms with Crippen LogP contribution in [0.25, 0.3) is 0 Å². The van der Waals surface area contributed by atoms with Gasteiger partial charge in [0.05, 0.1) is 5.56 Å². The van der Waals surface area contributed by atoms with Crippen LogP contribution in [0.1, 0.15) is 15.9 Å². The number of halogens is 1. The lowest BCUT2D eigenvalue weighted by Gasteiger charge is -2.07. The van der Waals surface area contributed by atoms with Crippen LogP contribution in [0, 0.1) is 0 Å². The molecule has 0 spiro atoms. The van der Waals surface area contributed by atoms with Crippen molar-refractivity contribution in [2.45, 2.75) is 11.6 Å². The van der Waals surface area contributed by atoms with Crippen LogP contribution in [0.4, 0.5) is 0 Å². The molecule has 1 aromatic heterocycles. The highest BCUT2D eigenvalue weighted by atomic mass is 35.5. The maximum Gasteiger partial charge on any atom is 0.254 e. The molecule has 5 heteroatoms. The molecule has 1 amide bonds. The van der Waals surface area contributed by atoms with Gasteiger partial charge in [-0.3, -0.25) is 4.79 Å². The number of nitrogens with one attached hydrogen (secondary N) is 1. The second-order valence-electron chi connectivity index (χ2n) is 3.87. The smallest absolute Gasteiger partial charge is 0.254 e. The van der Waals surface area contributed by atoms with Crippen molar-refractivity contribution in [1.82, 2.24) is 10.3 Å². The molecule has 0 saturated carbocycles. The Balaban J connectivity index is 2.03. The Morgan fingerprint density at radius 1 is 1.32 bits per heavy atom. The van der Waals surface area contributed by atoms with Gasteiger partial charge in [-0.1, -0.05) is 23.7 Å². The number of pyridine rings is 1. The minimum Gasteiger partial charge on any atom is -0.348 e. The molecule has 2 aromatic rings. The monoisotopic (exact) mass is 292 g/mol. The fraction of sp³-hybridized carbons (Fsp3) is 0.143. The summed E-state index contributed by atoms with van der Waals surface area (Å²) in [6, 6.07) is 10.9. The Hall–Kier alpha value is -1.52. The summed E-state index contributed by atoms with van der Waals surface area (Å²) in [5.74, 6) is -0.118. The van der Waals surface area contributed by atoms with Gasteiger partial charge in [-0.2, -0.15) is 0 Å². The van der Waals surface area contributed by atoms with Crippen LogP contribution in [0.5, 0.6) is 0 Å². The molecule has 19 heavy (non-hydrogen) atoms. The summed E-state index contributed by atoms with van der Waals surface area (Å²) < 4.78 is 0. The summed E-state index contributed by atoms with van der Waals surface area (Å²) in [5, 5.41) is 4.29. The molecule has 0 aliphatic rings. The molecule has 3 nitrogen and oxygen atoms in total. The number of hydrogen-bond acceptors (Lipinski definition) is 3. The Bertz CT molecular complexity index is 572. The second kappa shape index (κ2) is 6.59. The SMILES string of the molecule is CSc1ncccc1C(=O)NCc1ccc(Cl)cc1. The van der Waals surface area contributed by atoms with Crippen molar-refractivity contribution < 1.29 is 4.79 Å². The van der Waals surface area contributed by atoms with Crippen LogP contribution in [-0.4, -0.2) is 17.1 Å². The number of hydrogen-bond donors (Lipinski definition) is 1.